The van der Waals surface area contributed by atoms with Crippen LogP contribution in [-0.2, 0) is 6.54 Å². The van der Waals surface area contributed by atoms with Crippen LogP contribution in [0.15, 0.2) is 17.8 Å². The molecule has 0 aliphatic carbocycles. The van der Waals surface area contributed by atoms with Crippen LogP contribution in [-0.4, -0.2) is 45.3 Å². The van der Waals surface area contributed by atoms with Crippen LogP contribution >= 0.6 is 11.8 Å². The molecule has 5 nitrogen and oxygen atoms in total. The number of hydrogen-bond acceptors (Lipinski definition) is 5. The van der Waals surface area contributed by atoms with Crippen LogP contribution in [0.4, 0.5) is 0 Å². The lowest BCUT2D eigenvalue weighted by atomic mass is 9.97. The number of hydrogen-bond donors (Lipinski definition) is 2. The molecule has 6 heteroatoms. The highest BCUT2D eigenvalue weighted by molar-refractivity contribution is 7.99. The second-order valence-corrected chi connectivity index (χ2v) is 6.35. The normalized spacial score (nSPS) is 18.1. The van der Waals surface area contributed by atoms with Crippen LogP contribution in [0, 0.1) is 5.92 Å². The number of aliphatic hydroxyl groups is 1. The monoisotopic (exact) mass is 296 g/mol. The zero-order valence-corrected chi connectivity index (χ0v) is 12.9. The van der Waals surface area contributed by atoms with Crippen molar-refractivity contribution >= 4 is 11.8 Å². The Hall–Kier alpha value is -0.850. The van der Waals surface area contributed by atoms with E-state index in [0.29, 0.717) is 5.92 Å². The number of aromatic nitrogens is 3. The molecule has 0 bridgehead atoms. The van der Waals surface area contributed by atoms with Crippen LogP contribution in [0.1, 0.15) is 31.5 Å². The number of thioether (sulfide) groups is 1. The van der Waals surface area contributed by atoms with E-state index in [1.807, 2.05) is 13.0 Å². The minimum atomic E-state index is 0.212. The fraction of sp³-hybridized carbons (Fsp3) is 0.714. The van der Waals surface area contributed by atoms with Crippen molar-refractivity contribution in [1.82, 2.24) is 20.1 Å². The van der Waals surface area contributed by atoms with Gasteiger partial charge in [-0.25, -0.2) is 0 Å². The molecule has 1 saturated heterocycles. The third kappa shape index (κ3) is 3.84. The molecule has 0 amide bonds. The van der Waals surface area contributed by atoms with E-state index in [9.17, 15) is 0 Å². The third-order valence-corrected chi connectivity index (χ3v) is 4.87. The van der Waals surface area contributed by atoms with E-state index < -0.39 is 0 Å². The van der Waals surface area contributed by atoms with Gasteiger partial charge in [0.05, 0.1) is 0 Å². The smallest absolute Gasteiger partial charge is 0.191 e. The second-order valence-electron chi connectivity index (χ2n) is 5.36. The van der Waals surface area contributed by atoms with Crippen LogP contribution in [0.25, 0.3) is 0 Å². The van der Waals surface area contributed by atoms with Crippen LogP contribution in [0.3, 0.4) is 0 Å². The molecule has 2 heterocycles. The lowest BCUT2D eigenvalue weighted by Crippen LogP contribution is -2.28. The average Bonchev–Trinajstić information content (AvgIpc) is 2.89. The largest absolute Gasteiger partial charge is 0.396 e. The molecular formula is C14H24N4OS. The summed E-state index contributed by atoms with van der Waals surface area (Å²) in [7, 11) is 0. The van der Waals surface area contributed by atoms with Crippen molar-refractivity contribution in [3.63, 3.8) is 0 Å². The highest BCUT2D eigenvalue weighted by Gasteiger charge is 2.23. The van der Waals surface area contributed by atoms with Gasteiger partial charge >= 0.3 is 0 Å². The van der Waals surface area contributed by atoms with Crippen LogP contribution < -0.4 is 5.32 Å². The third-order valence-electron chi connectivity index (χ3n) is 3.57. The molecule has 1 unspecified atom stereocenters. The van der Waals surface area contributed by atoms with Gasteiger partial charge < -0.3 is 15.0 Å². The molecule has 0 aromatic carbocycles. The summed E-state index contributed by atoms with van der Waals surface area (Å²) in [6, 6.07) is 0. The van der Waals surface area contributed by atoms with Gasteiger partial charge in [-0.05, 0) is 31.8 Å². The van der Waals surface area contributed by atoms with Crippen molar-refractivity contribution in [2.24, 2.45) is 5.92 Å². The number of rotatable bonds is 7. The Bertz CT molecular complexity index is 429. The van der Waals surface area contributed by atoms with Crippen molar-refractivity contribution in [3.05, 3.63) is 18.5 Å². The maximum atomic E-state index is 9.12. The van der Waals surface area contributed by atoms with Crippen molar-refractivity contribution in [1.29, 1.82) is 0 Å². The summed E-state index contributed by atoms with van der Waals surface area (Å²) >= 11 is 1.67. The lowest BCUT2D eigenvalue weighted by molar-refractivity contribution is 0.250. The van der Waals surface area contributed by atoms with E-state index in [0.717, 1.165) is 49.2 Å². The predicted octanol–water partition coefficient (Wildman–Crippen LogP) is 1.65. The number of nitrogens with zero attached hydrogens (tertiary/aromatic N) is 3. The van der Waals surface area contributed by atoms with Crippen molar-refractivity contribution in [2.75, 3.05) is 25.4 Å². The zero-order valence-electron chi connectivity index (χ0n) is 12.1. The Balaban J connectivity index is 2.11. The summed E-state index contributed by atoms with van der Waals surface area (Å²) in [5.41, 5.74) is 0. The summed E-state index contributed by atoms with van der Waals surface area (Å²) in [5, 5.41) is 22.2. The van der Waals surface area contributed by atoms with E-state index in [1.165, 1.54) is 0 Å². The molecule has 1 aliphatic heterocycles. The first kappa shape index (κ1) is 15.5. The van der Waals surface area contributed by atoms with Crippen LogP contribution in [0.5, 0.6) is 0 Å². The Morgan fingerprint density at radius 2 is 2.25 bits per heavy atom. The van der Waals surface area contributed by atoms with Gasteiger partial charge in [0.1, 0.15) is 5.82 Å². The van der Waals surface area contributed by atoms with Gasteiger partial charge in [0.25, 0.3) is 0 Å². The predicted molar refractivity (Wildman–Crippen MR) is 82.0 cm³/mol. The second kappa shape index (κ2) is 7.81. The van der Waals surface area contributed by atoms with E-state index >= 15 is 0 Å². The lowest BCUT2D eigenvalue weighted by Gasteiger charge is -2.22. The molecule has 1 aliphatic rings. The molecule has 2 N–H and O–H groups in total. The molecule has 0 saturated carbocycles. The Labute approximate surface area is 124 Å². The molecule has 1 aromatic heterocycles. The average molecular weight is 296 g/mol. The number of nitrogens with one attached hydrogen (secondary N) is 1. The first-order valence-corrected chi connectivity index (χ1v) is 8.23. The van der Waals surface area contributed by atoms with Gasteiger partial charge in [-0.15, -0.1) is 16.8 Å². The zero-order chi connectivity index (χ0) is 14.4. The fourth-order valence-electron chi connectivity index (χ4n) is 2.36. The van der Waals surface area contributed by atoms with Crippen molar-refractivity contribution in [2.45, 2.75) is 37.4 Å². The minimum Gasteiger partial charge on any atom is -0.396 e. The molecule has 0 spiro atoms. The molecular weight excluding hydrogens is 272 g/mol. The maximum Gasteiger partial charge on any atom is 0.191 e. The minimum absolute atomic E-state index is 0.212. The Kier molecular flexibility index (Phi) is 6.06. The quantitative estimate of drug-likeness (QED) is 0.592. The topological polar surface area (TPSA) is 63.0 Å². The molecule has 20 heavy (non-hydrogen) atoms. The van der Waals surface area contributed by atoms with Gasteiger partial charge in [0, 0.05) is 24.8 Å². The standard InChI is InChI=1S/C14H24N4OS/c1-3-8-18-13(12-4-6-15-7-5-12)16-17-14(18)20-10-11(2)9-19/h3,11-12,15,19H,1,4-10H2,2H3. The highest BCUT2D eigenvalue weighted by atomic mass is 32.2. The van der Waals surface area contributed by atoms with E-state index in [2.05, 4.69) is 26.7 Å². The van der Waals surface area contributed by atoms with Crippen molar-refractivity contribution < 1.29 is 5.11 Å². The number of piperidine rings is 1. The first-order valence-electron chi connectivity index (χ1n) is 7.24. The molecule has 0 radical (unpaired) electrons. The van der Waals surface area contributed by atoms with Crippen LogP contribution in [0.2, 0.25) is 0 Å². The first-order chi connectivity index (χ1) is 9.76. The molecule has 1 fully saturated rings. The van der Waals surface area contributed by atoms with Gasteiger partial charge in [0.2, 0.25) is 0 Å². The molecule has 1 aromatic rings. The summed E-state index contributed by atoms with van der Waals surface area (Å²) in [5.74, 6) is 2.72. The van der Waals surface area contributed by atoms with Gasteiger partial charge in [0.15, 0.2) is 5.16 Å². The molecule has 2 rings (SSSR count). The van der Waals surface area contributed by atoms with Crippen molar-refractivity contribution in [3.8, 4) is 0 Å². The summed E-state index contributed by atoms with van der Waals surface area (Å²) < 4.78 is 2.18. The highest BCUT2D eigenvalue weighted by Crippen LogP contribution is 2.28. The summed E-state index contributed by atoms with van der Waals surface area (Å²) in [6.45, 7) is 8.94. The van der Waals surface area contributed by atoms with Gasteiger partial charge in [-0.2, -0.15) is 0 Å². The van der Waals surface area contributed by atoms with E-state index in [4.69, 9.17) is 5.11 Å². The fourth-order valence-corrected chi connectivity index (χ4v) is 3.32. The van der Waals surface area contributed by atoms with E-state index in [1.54, 1.807) is 11.8 Å². The van der Waals surface area contributed by atoms with Gasteiger partial charge in [-0.1, -0.05) is 24.8 Å². The van der Waals surface area contributed by atoms with E-state index in [-0.39, 0.29) is 12.5 Å². The molecule has 1 atom stereocenters. The maximum absolute atomic E-state index is 9.12. The Morgan fingerprint density at radius 3 is 2.90 bits per heavy atom. The van der Waals surface area contributed by atoms with Gasteiger partial charge in [-0.3, -0.25) is 0 Å². The Morgan fingerprint density at radius 1 is 1.50 bits per heavy atom. The molecule has 112 valence electrons. The summed E-state index contributed by atoms with van der Waals surface area (Å²) in [4.78, 5) is 0. The number of allylic oxidation sites excluding steroid dienone is 1. The SMILES string of the molecule is C=CCn1c(SCC(C)CO)nnc1C1CCNCC1. The number of aliphatic hydroxyl groups excluding tert-OH is 1. The summed E-state index contributed by atoms with van der Waals surface area (Å²) in [6.07, 6.45) is 4.13.